The van der Waals surface area contributed by atoms with Crippen molar-refractivity contribution in [3.05, 3.63) is 67.2 Å². The highest BCUT2D eigenvalue weighted by Gasteiger charge is 2.20. The summed E-state index contributed by atoms with van der Waals surface area (Å²) in [5.41, 5.74) is 5.38. The SMILES string of the molecule is NC(=O)c1c(Cc2ccccc2)sc2[nH]c(=O)[nH]c(=O)c12. The molecule has 0 aliphatic rings. The summed E-state index contributed by atoms with van der Waals surface area (Å²) in [6.07, 6.45) is 0.472. The molecule has 1 amide bonds. The van der Waals surface area contributed by atoms with Gasteiger partial charge in [0.05, 0.1) is 10.9 Å². The van der Waals surface area contributed by atoms with Gasteiger partial charge < -0.3 is 5.73 Å². The molecule has 2 heterocycles. The van der Waals surface area contributed by atoms with Crippen molar-refractivity contribution in [3.8, 4) is 0 Å². The van der Waals surface area contributed by atoms with Gasteiger partial charge in [-0.05, 0) is 5.56 Å². The molecule has 6 nitrogen and oxygen atoms in total. The Morgan fingerprint density at radius 3 is 2.52 bits per heavy atom. The number of amides is 1. The van der Waals surface area contributed by atoms with Gasteiger partial charge in [-0.3, -0.25) is 19.6 Å². The summed E-state index contributed by atoms with van der Waals surface area (Å²) in [5.74, 6) is -0.676. The Morgan fingerprint density at radius 1 is 1.14 bits per heavy atom. The van der Waals surface area contributed by atoms with Gasteiger partial charge in [0.1, 0.15) is 4.83 Å². The van der Waals surface area contributed by atoms with Crippen molar-refractivity contribution in [2.75, 3.05) is 0 Å². The molecular formula is C14H11N3O3S. The van der Waals surface area contributed by atoms with Crippen LogP contribution in [0.15, 0.2) is 39.9 Å². The maximum absolute atomic E-state index is 11.9. The number of H-pyrrole nitrogens is 2. The second kappa shape index (κ2) is 5.02. The number of carbonyl (C=O) groups excluding carboxylic acids is 1. The predicted octanol–water partition coefficient (Wildman–Crippen LogP) is 0.968. The van der Waals surface area contributed by atoms with Gasteiger partial charge in [-0.15, -0.1) is 11.3 Å². The number of primary amides is 1. The molecule has 7 heteroatoms. The number of fused-ring (bicyclic) bond motifs is 1. The van der Waals surface area contributed by atoms with Gasteiger partial charge in [0.15, 0.2) is 0 Å². The van der Waals surface area contributed by atoms with E-state index < -0.39 is 17.2 Å². The fourth-order valence-electron chi connectivity index (χ4n) is 2.25. The number of carbonyl (C=O) groups is 1. The third-order valence-electron chi connectivity index (χ3n) is 3.12. The fraction of sp³-hybridized carbons (Fsp3) is 0.0714. The molecule has 3 rings (SSSR count). The summed E-state index contributed by atoms with van der Waals surface area (Å²) < 4.78 is 0. The minimum absolute atomic E-state index is 0.151. The van der Waals surface area contributed by atoms with Crippen molar-refractivity contribution >= 4 is 27.5 Å². The average molecular weight is 301 g/mol. The minimum atomic E-state index is -0.676. The molecule has 4 N–H and O–H groups in total. The van der Waals surface area contributed by atoms with Gasteiger partial charge in [0.2, 0.25) is 0 Å². The van der Waals surface area contributed by atoms with Crippen LogP contribution in [0.2, 0.25) is 0 Å². The topological polar surface area (TPSA) is 109 Å². The van der Waals surface area contributed by atoms with Crippen LogP contribution in [0.4, 0.5) is 0 Å². The van der Waals surface area contributed by atoms with Crippen molar-refractivity contribution < 1.29 is 4.79 Å². The lowest BCUT2D eigenvalue weighted by atomic mass is 10.1. The van der Waals surface area contributed by atoms with E-state index in [9.17, 15) is 14.4 Å². The van der Waals surface area contributed by atoms with E-state index in [0.717, 1.165) is 5.56 Å². The molecule has 0 saturated carbocycles. The molecule has 0 radical (unpaired) electrons. The van der Waals surface area contributed by atoms with Gasteiger partial charge in [-0.25, -0.2) is 4.79 Å². The lowest BCUT2D eigenvalue weighted by Crippen LogP contribution is -2.23. The summed E-state index contributed by atoms with van der Waals surface area (Å²) in [7, 11) is 0. The standard InChI is InChI=1S/C14H11N3O3S/c15-11(18)9-8(6-7-4-2-1-3-5-7)21-13-10(9)12(19)16-14(20)17-13/h1-5H,6H2,(H2,15,18)(H2,16,17,19,20). The first-order valence-electron chi connectivity index (χ1n) is 6.18. The Kier molecular flexibility index (Phi) is 3.19. The lowest BCUT2D eigenvalue weighted by Gasteiger charge is -2.01. The Balaban J connectivity index is 2.25. The number of aromatic amines is 2. The molecule has 2 aromatic heterocycles. The number of thiophene rings is 1. The van der Waals surface area contributed by atoms with E-state index in [1.54, 1.807) is 0 Å². The first-order valence-corrected chi connectivity index (χ1v) is 6.99. The zero-order valence-corrected chi connectivity index (χ0v) is 11.6. The van der Waals surface area contributed by atoms with Crippen molar-refractivity contribution in [3.63, 3.8) is 0 Å². The molecule has 21 heavy (non-hydrogen) atoms. The Morgan fingerprint density at radius 2 is 1.86 bits per heavy atom. The Hall–Kier alpha value is -2.67. The van der Waals surface area contributed by atoms with E-state index in [-0.39, 0.29) is 10.9 Å². The molecule has 0 bridgehead atoms. The van der Waals surface area contributed by atoms with Gasteiger partial charge in [-0.1, -0.05) is 30.3 Å². The number of nitrogens with one attached hydrogen (secondary N) is 2. The van der Waals surface area contributed by atoms with Crippen LogP contribution >= 0.6 is 11.3 Å². The second-order valence-electron chi connectivity index (χ2n) is 4.54. The number of benzene rings is 1. The summed E-state index contributed by atoms with van der Waals surface area (Å²) in [4.78, 5) is 40.6. The van der Waals surface area contributed by atoms with Gasteiger partial charge in [0.25, 0.3) is 11.5 Å². The van der Waals surface area contributed by atoms with Crippen LogP contribution in [0.25, 0.3) is 10.2 Å². The molecule has 0 atom stereocenters. The summed E-state index contributed by atoms with van der Waals surface area (Å²) in [5, 5.41) is 0.151. The Bertz CT molecular complexity index is 937. The number of nitrogens with two attached hydrogens (primary N) is 1. The van der Waals surface area contributed by atoms with Crippen LogP contribution in [-0.2, 0) is 6.42 Å². The van der Waals surface area contributed by atoms with E-state index in [4.69, 9.17) is 5.73 Å². The van der Waals surface area contributed by atoms with E-state index >= 15 is 0 Å². The van der Waals surface area contributed by atoms with Gasteiger partial charge in [0, 0.05) is 11.3 Å². The third kappa shape index (κ3) is 2.38. The van der Waals surface area contributed by atoms with E-state index in [0.29, 0.717) is 16.1 Å². The number of hydrogen-bond acceptors (Lipinski definition) is 4. The first kappa shape index (κ1) is 13.3. The van der Waals surface area contributed by atoms with Gasteiger partial charge >= 0.3 is 5.69 Å². The smallest absolute Gasteiger partial charge is 0.326 e. The second-order valence-corrected chi connectivity index (χ2v) is 5.64. The normalized spacial score (nSPS) is 10.9. The van der Waals surface area contributed by atoms with E-state index in [1.807, 2.05) is 30.3 Å². The van der Waals surface area contributed by atoms with Crippen LogP contribution < -0.4 is 17.0 Å². The molecular weight excluding hydrogens is 290 g/mol. The van der Waals surface area contributed by atoms with Crippen molar-refractivity contribution in [1.29, 1.82) is 0 Å². The first-order chi connectivity index (χ1) is 10.1. The minimum Gasteiger partial charge on any atom is -0.366 e. The summed E-state index contributed by atoms with van der Waals surface area (Å²) in [6.45, 7) is 0. The van der Waals surface area contributed by atoms with Crippen LogP contribution in [0, 0.1) is 0 Å². The van der Waals surface area contributed by atoms with Crippen LogP contribution in [0.3, 0.4) is 0 Å². The maximum Gasteiger partial charge on any atom is 0.326 e. The van der Waals surface area contributed by atoms with Crippen LogP contribution in [0.5, 0.6) is 0 Å². The molecule has 0 unspecified atom stereocenters. The molecule has 0 aliphatic heterocycles. The molecule has 0 saturated heterocycles. The Labute approximate surface area is 122 Å². The monoisotopic (exact) mass is 301 g/mol. The zero-order chi connectivity index (χ0) is 15.0. The quantitative estimate of drug-likeness (QED) is 0.670. The van der Waals surface area contributed by atoms with Crippen molar-refractivity contribution in [1.82, 2.24) is 9.97 Å². The predicted molar refractivity (Wildman–Crippen MR) is 80.8 cm³/mol. The average Bonchev–Trinajstić information content (AvgIpc) is 2.78. The van der Waals surface area contributed by atoms with Crippen molar-refractivity contribution in [2.24, 2.45) is 5.73 Å². The number of aromatic nitrogens is 2. The van der Waals surface area contributed by atoms with Crippen molar-refractivity contribution in [2.45, 2.75) is 6.42 Å². The highest BCUT2D eigenvalue weighted by Crippen LogP contribution is 2.28. The molecule has 0 spiro atoms. The largest absolute Gasteiger partial charge is 0.366 e. The zero-order valence-electron chi connectivity index (χ0n) is 10.8. The third-order valence-corrected chi connectivity index (χ3v) is 4.22. The molecule has 3 aromatic rings. The van der Waals surface area contributed by atoms with E-state index in [2.05, 4.69) is 9.97 Å². The number of rotatable bonds is 3. The maximum atomic E-state index is 11.9. The lowest BCUT2D eigenvalue weighted by molar-refractivity contribution is 0.100. The highest BCUT2D eigenvalue weighted by atomic mass is 32.1. The highest BCUT2D eigenvalue weighted by molar-refractivity contribution is 7.19. The molecule has 0 fully saturated rings. The number of hydrogen-bond donors (Lipinski definition) is 3. The fourth-order valence-corrected chi connectivity index (χ4v) is 3.48. The van der Waals surface area contributed by atoms with Crippen LogP contribution in [0.1, 0.15) is 20.8 Å². The summed E-state index contributed by atoms with van der Waals surface area (Å²) in [6, 6.07) is 9.51. The van der Waals surface area contributed by atoms with E-state index in [1.165, 1.54) is 11.3 Å². The molecule has 106 valence electrons. The van der Waals surface area contributed by atoms with Gasteiger partial charge in [-0.2, -0.15) is 0 Å². The molecule has 1 aromatic carbocycles. The molecule has 0 aliphatic carbocycles. The summed E-state index contributed by atoms with van der Waals surface area (Å²) >= 11 is 1.20. The van der Waals surface area contributed by atoms with Crippen LogP contribution in [-0.4, -0.2) is 15.9 Å².